The Kier molecular flexibility index (Phi) is 2.01. The van der Waals surface area contributed by atoms with Gasteiger partial charge in [0, 0.05) is 13.1 Å². The van der Waals surface area contributed by atoms with Crippen LogP contribution in [0, 0.1) is 0 Å². The van der Waals surface area contributed by atoms with Crippen LogP contribution in [0.15, 0.2) is 16.9 Å². The van der Waals surface area contributed by atoms with Crippen LogP contribution in [0.3, 0.4) is 0 Å². The number of anilines is 1. The van der Waals surface area contributed by atoms with E-state index in [4.69, 9.17) is 4.42 Å². The third-order valence-corrected chi connectivity index (χ3v) is 2.69. The van der Waals surface area contributed by atoms with Crippen molar-refractivity contribution in [1.29, 1.82) is 0 Å². The van der Waals surface area contributed by atoms with Gasteiger partial charge in [0.05, 0.1) is 6.20 Å². The van der Waals surface area contributed by atoms with Crippen molar-refractivity contribution in [2.45, 2.75) is 19.3 Å². The Morgan fingerprint density at radius 2 is 2.07 bits per heavy atom. The quantitative estimate of drug-likeness (QED) is 0.706. The topological polar surface area (TPSA) is 55.1 Å². The van der Waals surface area contributed by atoms with Crippen LogP contribution in [0.4, 0.5) is 6.01 Å². The van der Waals surface area contributed by atoms with E-state index >= 15 is 0 Å². The van der Waals surface area contributed by atoms with Gasteiger partial charge < -0.3 is 9.32 Å². The average molecular weight is 204 g/mol. The van der Waals surface area contributed by atoms with Crippen LogP contribution in [0.25, 0.3) is 11.2 Å². The smallest absolute Gasteiger partial charge is 0.299 e. The maximum absolute atomic E-state index is 5.60. The van der Waals surface area contributed by atoms with E-state index in [1.807, 2.05) is 0 Å². The molecule has 3 rings (SSSR count). The number of fused-ring (bicyclic) bond motifs is 1. The normalized spacial score (nSPS) is 17.2. The summed E-state index contributed by atoms with van der Waals surface area (Å²) in [5.74, 6) is 0. The monoisotopic (exact) mass is 204 g/mol. The molecule has 0 radical (unpaired) electrons. The van der Waals surface area contributed by atoms with Crippen LogP contribution >= 0.6 is 0 Å². The van der Waals surface area contributed by atoms with Crippen LogP contribution < -0.4 is 4.90 Å². The molecule has 2 aromatic rings. The van der Waals surface area contributed by atoms with Crippen molar-refractivity contribution in [3.05, 3.63) is 12.5 Å². The molecular weight excluding hydrogens is 192 g/mol. The van der Waals surface area contributed by atoms with Gasteiger partial charge in [-0.25, -0.2) is 9.97 Å². The maximum Gasteiger partial charge on any atom is 0.299 e. The zero-order chi connectivity index (χ0) is 10.1. The highest BCUT2D eigenvalue weighted by Gasteiger charge is 2.16. The predicted octanol–water partition coefficient (Wildman–Crippen LogP) is 1.61. The molecule has 78 valence electrons. The molecule has 0 atom stereocenters. The van der Waals surface area contributed by atoms with Crippen LogP contribution in [-0.4, -0.2) is 28.0 Å². The number of hydrogen-bond acceptors (Lipinski definition) is 5. The summed E-state index contributed by atoms with van der Waals surface area (Å²) in [6, 6.07) is 0.685. The molecule has 1 aliphatic rings. The SMILES string of the molecule is c1ncc2oc(N3CCCCC3)nc2n1. The number of nitrogens with zero attached hydrogens (tertiary/aromatic N) is 4. The molecule has 0 spiro atoms. The van der Waals surface area contributed by atoms with Crippen LogP contribution in [-0.2, 0) is 0 Å². The molecule has 0 saturated carbocycles. The standard InChI is InChI=1S/C10H12N4O/c1-2-4-14(5-3-1)10-13-9-8(15-10)6-11-7-12-9/h6-7H,1-5H2. The molecule has 0 aliphatic carbocycles. The average Bonchev–Trinajstić information content (AvgIpc) is 2.74. The first kappa shape index (κ1) is 8.64. The lowest BCUT2D eigenvalue weighted by molar-refractivity contribution is 0.509. The minimum atomic E-state index is 0.644. The maximum atomic E-state index is 5.60. The lowest BCUT2D eigenvalue weighted by Crippen LogP contribution is -2.29. The molecule has 5 heteroatoms. The highest BCUT2D eigenvalue weighted by Crippen LogP contribution is 2.22. The third kappa shape index (κ3) is 1.54. The summed E-state index contributed by atoms with van der Waals surface area (Å²) < 4.78 is 5.60. The molecule has 0 N–H and O–H groups in total. The first-order valence-corrected chi connectivity index (χ1v) is 5.25. The van der Waals surface area contributed by atoms with E-state index in [9.17, 15) is 0 Å². The predicted molar refractivity (Wildman–Crippen MR) is 55.7 cm³/mol. The van der Waals surface area contributed by atoms with E-state index < -0.39 is 0 Å². The highest BCUT2D eigenvalue weighted by molar-refractivity contribution is 5.68. The third-order valence-electron chi connectivity index (χ3n) is 2.69. The number of aromatic nitrogens is 3. The van der Waals surface area contributed by atoms with Crippen LogP contribution in [0.5, 0.6) is 0 Å². The van der Waals surface area contributed by atoms with Crippen molar-refractivity contribution in [3.63, 3.8) is 0 Å². The van der Waals surface area contributed by atoms with Gasteiger partial charge in [-0.2, -0.15) is 4.98 Å². The Labute approximate surface area is 87.1 Å². The summed E-state index contributed by atoms with van der Waals surface area (Å²) in [5.41, 5.74) is 1.31. The summed E-state index contributed by atoms with van der Waals surface area (Å²) in [7, 11) is 0. The minimum absolute atomic E-state index is 0.644. The molecule has 1 fully saturated rings. The summed E-state index contributed by atoms with van der Waals surface area (Å²) in [4.78, 5) is 14.5. The van der Waals surface area contributed by atoms with Gasteiger partial charge in [0.25, 0.3) is 6.01 Å². The fraction of sp³-hybridized carbons (Fsp3) is 0.500. The van der Waals surface area contributed by atoms with Crippen molar-refractivity contribution < 1.29 is 4.42 Å². The van der Waals surface area contributed by atoms with E-state index in [0.717, 1.165) is 13.1 Å². The van der Waals surface area contributed by atoms with E-state index in [2.05, 4.69) is 19.9 Å². The van der Waals surface area contributed by atoms with Crippen molar-refractivity contribution in [1.82, 2.24) is 15.0 Å². The van der Waals surface area contributed by atoms with Crippen molar-refractivity contribution in [2.75, 3.05) is 18.0 Å². The molecule has 2 aromatic heterocycles. The van der Waals surface area contributed by atoms with Gasteiger partial charge in [-0.3, -0.25) is 0 Å². The molecule has 5 nitrogen and oxygen atoms in total. The summed E-state index contributed by atoms with van der Waals surface area (Å²) in [6.45, 7) is 2.06. The summed E-state index contributed by atoms with van der Waals surface area (Å²) >= 11 is 0. The van der Waals surface area contributed by atoms with Crippen LogP contribution in [0.2, 0.25) is 0 Å². The Balaban J connectivity index is 1.96. The Morgan fingerprint density at radius 1 is 1.20 bits per heavy atom. The van der Waals surface area contributed by atoms with Gasteiger partial charge in [-0.15, -0.1) is 0 Å². The van der Waals surface area contributed by atoms with Gasteiger partial charge >= 0.3 is 0 Å². The molecule has 0 unspecified atom stereocenters. The van der Waals surface area contributed by atoms with E-state index in [0.29, 0.717) is 17.2 Å². The Bertz CT molecular complexity index is 428. The lowest BCUT2D eigenvalue weighted by Gasteiger charge is -2.24. The van der Waals surface area contributed by atoms with Crippen molar-refractivity contribution in [3.8, 4) is 0 Å². The molecule has 1 saturated heterocycles. The molecular formula is C10H12N4O. The lowest BCUT2D eigenvalue weighted by atomic mass is 10.1. The first-order chi connectivity index (χ1) is 7.43. The number of piperidine rings is 1. The van der Waals surface area contributed by atoms with Crippen molar-refractivity contribution in [2.24, 2.45) is 0 Å². The molecule has 0 bridgehead atoms. The first-order valence-electron chi connectivity index (χ1n) is 5.25. The minimum Gasteiger partial charge on any atom is -0.420 e. The Morgan fingerprint density at radius 3 is 2.87 bits per heavy atom. The van der Waals surface area contributed by atoms with E-state index in [1.54, 1.807) is 6.20 Å². The second-order valence-corrected chi connectivity index (χ2v) is 3.75. The fourth-order valence-electron chi connectivity index (χ4n) is 1.90. The van der Waals surface area contributed by atoms with Gasteiger partial charge in [-0.1, -0.05) is 0 Å². The van der Waals surface area contributed by atoms with Gasteiger partial charge in [0.1, 0.15) is 6.33 Å². The largest absolute Gasteiger partial charge is 0.420 e. The number of rotatable bonds is 1. The van der Waals surface area contributed by atoms with E-state index in [-0.39, 0.29) is 0 Å². The van der Waals surface area contributed by atoms with Gasteiger partial charge in [0.15, 0.2) is 5.58 Å². The number of hydrogen-bond donors (Lipinski definition) is 0. The van der Waals surface area contributed by atoms with Crippen molar-refractivity contribution >= 4 is 17.2 Å². The van der Waals surface area contributed by atoms with E-state index in [1.165, 1.54) is 25.6 Å². The number of oxazole rings is 1. The zero-order valence-electron chi connectivity index (χ0n) is 8.39. The molecule has 0 aromatic carbocycles. The molecule has 1 aliphatic heterocycles. The molecule has 0 amide bonds. The second kappa shape index (κ2) is 3.49. The summed E-state index contributed by atoms with van der Waals surface area (Å²) in [5, 5.41) is 0. The van der Waals surface area contributed by atoms with Crippen LogP contribution in [0.1, 0.15) is 19.3 Å². The van der Waals surface area contributed by atoms with Gasteiger partial charge in [-0.05, 0) is 19.3 Å². The summed E-state index contributed by atoms with van der Waals surface area (Å²) in [6.07, 6.45) is 6.87. The molecule has 15 heavy (non-hydrogen) atoms. The fourth-order valence-corrected chi connectivity index (χ4v) is 1.90. The van der Waals surface area contributed by atoms with Gasteiger partial charge in [0.2, 0.25) is 5.65 Å². The highest BCUT2D eigenvalue weighted by atomic mass is 16.4. The second-order valence-electron chi connectivity index (χ2n) is 3.75. The molecule has 3 heterocycles. The zero-order valence-corrected chi connectivity index (χ0v) is 8.39. The Hall–Kier alpha value is -1.65.